The summed E-state index contributed by atoms with van der Waals surface area (Å²) in [4.78, 5) is 4.84. The summed E-state index contributed by atoms with van der Waals surface area (Å²) in [5, 5.41) is 10.7. The molecule has 0 unspecified atom stereocenters. The molecule has 0 fully saturated rings. The van der Waals surface area contributed by atoms with E-state index < -0.39 is 0 Å². The molecule has 1 rings (SSSR count). The summed E-state index contributed by atoms with van der Waals surface area (Å²) in [6.07, 6.45) is 1.38. The first kappa shape index (κ1) is 8.59. The second-order valence-electron chi connectivity index (χ2n) is 2.51. The van der Waals surface area contributed by atoms with Crippen molar-refractivity contribution in [2.45, 2.75) is 6.92 Å². The summed E-state index contributed by atoms with van der Waals surface area (Å²) in [5.41, 5.74) is 1.96. The Hall–Kier alpha value is -1.51. The van der Waals surface area contributed by atoms with Gasteiger partial charge in [0.25, 0.3) is 0 Å². The quantitative estimate of drug-likeness (QED) is 0.378. The van der Waals surface area contributed by atoms with E-state index in [1.807, 2.05) is 31.2 Å². The molecule has 1 aromatic rings. The molecule has 0 aliphatic carbocycles. The molecule has 0 bridgehead atoms. The lowest BCUT2D eigenvalue weighted by Crippen LogP contribution is -2.03. The fourth-order valence-corrected chi connectivity index (χ4v) is 0.925. The SMILES string of the molecule is CO/[N+]([O-])=C/c1cccc(C)c1. The van der Waals surface area contributed by atoms with Crippen LogP contribution in [0.3, 0.4) is 0 Å². The molecule has 0 saturated heterocycles. The van der Waals surface area contributed by atoms with E-state index in [1.54, 1.807) is 0 Å². The van der Waals surface area contributed by atoms with Crippen molar-refractivity contribution in [3.63, 3.8) is 0 Å². The minimum atomic E-state index is 0.425. The highest BCUT2D eigenvalue weighted by Crippen LogP contribution is 2.00. The van der Waals surface area contributed by atoms with Crippen LogP contribution in [-0.4, -0.2) is 18.2 Å². The van der Waals surface area contributed by atoms with E-state index in [1.165, 1.54) is 13.3 Å². The molecule has 0 radical (unpaired) electrons. The molecule has 0 N–H and O–H groups in total. The number of rotatable bonds is 2. The maximum atomic E-state index is 10.7. The molecular weight excluding hydrogens is 154 g/mol. The third kappa shape index (κ3) is 2.27. The summed E-state index contributed by atoms with van der Waals surface area (Å²) >= 11 is 0. The van der Waals surface area contributed by atoms with E-state index >= 15 is 0 Å². The van der Waals surface area contributed by atoms with Gasteiger partial charge in [-0.25, -0.2) is 0 Å². The third-order valence-electron chi connectivity index (χ3n) is 1.48. The van der Waals surface area contributed by atoms with E-state index in [2.05, 4.69) is 4.84 Å². The minimum absolute atomic E-state index is 0.425. The Bertz CT molecular complexity index is 294. The summed E-state index contributed by atoms with van der Waals surface area (Å²) in [6.45, 7) is 1.97. The van der Waals surface area contributed by atoms with Crippen LogP contribution in [0.5, 0.6) is 0 Å². The standard InChI is InChI=1S/C9H11NO2/c1-8-4-3-5-9(6-8)7-10(11)12-2/h3-7H,1-2H3/b10-7+. The maximum Gasteiger partial charge on any atom is 0.240 e. The van der Waals surface area contributed by atoms with Crippen LogP contribution in [0.1, 0.15) is 11.1 Å². The van der Waals surface area contributed by atoms with Crippen LogP contribution in [-0.2, 0) is 4.84 Å². The van der Waals surface area contributed by atoms with Crippen molar-refractivity contribution >= 4 is 6.21 Å². The highest BCUT2D eigenvalue weighted by molar-refractivity contribution is 5.75. The molecule has 3 heteroatoms. The van der Waals surface area contributed by atoms with Crippen molar-refractivity contribution in [1.82, 2.24) is 0 Å². The van der Waals surface area contributed by atoms with Crippen LogP contribution in [0.4, 0.5) is 0 Å². The zero-order chi connectivity index (χ0) is 8.97. The Morgan fingerprint density at radius 1 is 1.50 bits per heavy atom. The van der Waals surface area contributed by atoms with Gasteiger partial charge in [-0.05, 0) is 19.1 Å². The average molecular weight is 165 g/mol. The number of benzene rings is 1. The molecule has 64 valence electrons. The molecule has 0 aromatic heterocycles. The van der Waals surface area contributed by atoms with E-state index in [-0.39, 0.29) is 0 Å². The van der Waals surface area contributed by atoms with Crippen molar-refractivity contribution in [2.24, 2.45) is 0 Å². The fraction of sp³-hybridized carbons (Fsp3) is 0.222. The van der Waals surface area contributed by atoms with Crippen molar-refractivity contribution in [1.29, 1.82) is 0 Å². The molecule has 3 nitrogen and oxygen atoms in total. The zero-order valence-corrected chi connectivity index (χ0v) is 7.15. The number of hydrogen-bond donors (Lipinski definition) is 0. The van der Waals surface area contributed by atoms with Gasteiger partial charge in [-0.1, -0.05) is 17.7 Å². The van der Waals surface area contributed by atoms with Gasteiger partial charge in [0.1, 0.15) is 0 Å². The highest BCUT2D eigenvalue weighted by Gasteiger charge is 1.94. The van der Waals surface area contributed by atoms with Crippen LogP contribution >= 0.6 is 0 Å². The lowest BCUT2D eigenvalue weighted by molar-refractivity contribution is -0.729. The monoisotopic (exact) mass is 165 g/mol. The number of hydrogen-bond acceptors (Lipinski definition) is 2. The fourth-order valence-electron chi connectivity index (χ4n) is 0.925. The Kier molecular flexibility index (Phi) is 2.69. The van der Waals surface area contributed by atoms with E-state index in [9.17, 15) is 5.21 Å². The Morgan fingerprint density at radius 3 is 2.83 bits per heavy atom. The first-order valence-electron chi connectivity index (χ1n) is 3.64. The number of aryl methyl sites for hydroxylation is 1. The van der Waals surface area contributed by atoms with Crippen LogP contribution in [0.25, 0.3) is 0 Å². The Labute approximate surface area is 71.4 Å². The molecule has 0 saturated carbocycles. The first-order valence-corrected chi connectivity index (χ1v) is 3.64. The largest absolute Gasteiger partial charge is 0.407 e. The molecule has 0 heterocycles. The topological polar surface area (TPSA) is 35.3 Å². The van der Waals surface area contributed by atoms with Crippen molar-refractivity contribution in [3.8, 4) is 0 Å². The maximum absolute atomic E-state index is 10.7. The van der Waals surface area contributed by atoms with E-state index in [4.69, 9.17) is 0 Å². The van der Waals surface area contributed by atoms with Crippen molar-refractivity contribution in [3.05, 3.63) is 40.6 Å². The van der Waals surface area contributed by atoms with Gasteiger partial charge in [0.2, 0.25) is 6.21 Å². The normalized spacial score (nSPS) is 11.3. The van der Waals surface area contributed by atoms with Gasteiger partial charge in [0.05, 0.1) is 0 Å². The molecule has 12 heavy (non-hydrogen) atoms. The predicted molar refractivity (Wildman–Crippen MR) is 47.0 cm³/mol. The van der Waals surface area contributed by atoms with Gasteiger partial charge < -0.3 is 4.84 Å². The lowest BCUT2D eigenvalue weighted by atomic mass is 10.2. The summed E-state index contributed by atoms with van der Waals surface area (Å²) in [7, 11) is 1.33. The lowest BCUT2D eigenvalue weighted by Gasteiger charge is -1.96. The van der Waals surface area contributed by atoms with E-state index in [0.29, 0.717) is 4.90 Å². The van der Waals surface area contributed by atoms with Gasteiger partial charge in [0, 0.05) is 17.6 Å². The summed E-state index contributed by atoms with van der Waals surface area (Å²) < 4.78 is 0. The highest BCUT2D eigenvalue weighted by atomic mass is 16.8. The second kappa shape index (κ2) is 3.76. The zero-order valence-electron chi connectivity index (χ0n) is 7.15. The van der Waals surface area contributed by atoms with Crippen LogP contribution in [0, 0.1) is 12.1 Å². The molecule has 0 aliphatic rings. The van der Waals surface area contributed by atoms with Crippen molar-refractivity contribution < 1.29 is 9.74 Å². The molecule has 1 aromatic carbocycles. The molecule has 0 amide bonds. The van der Waals surface area contributed by atoms with E-state index in [0.717, 1.165) is 11.1 Å². The predicted octanol–water partition coefficient (Wildman–Crippen LogP) is 1.49. The smallest absolute Gasteiger partial charge is 0.240 e. The average Bonchev–Trinajstić information content (AvgIpc) is 2.04. The van der Waals surface area contributed by atoms with Gasteiger partial charge >= 0.3 is 0 Å². The summed E-state index contributed by atoms with van der Waals surface area (Å²) in [6, 6.07) is 7.62. The van der Waals surface area contributed by atoms with Crippen molar-refractivity contribution in [2.75, 3.05) is 7.11 Å². The van der Waals surface area contributed by atoms with Gasteiger partial charge in [-0.2, -0.15) is 0 Å². The minimum Gasteiger partial charge on any atom is -0.407 e. The molecular formula is C9H11NO2. The van der Waals surface area contributed by atoms with Crippen LogP contribution < -0.4 is 0 Å². The van der Waals surface area contributed by atoms with Gasteiger partial charge in [-0.15, -0.1) is 0 Å². The summed E-state index contributed by atoms with van der Waals surface area (Å²) in [5.74, 6) is 0. The molecule has 0 atom stereocenters. The second-order valence-corrected chi connectivity index (χ2v) is 2.51. The van der Waals surface area contributed by atoms with Crippen LogP contribution in [0.15, 0.2) is 24.3 Å². The van der Waals surface area contributed by atoms with Gasteiger partial charge in [0.15, 0.2) is 0 Å². The van der Waals surface area contributed by atoms with Gasteiger partial charge in [-0.3, -0.25) is 5.21 Å². The first-order chi connectivity index (χ1) is 5.72. The van der Waals surface area contributed by atoms with Crippen LogP contribution in [0.2, 0.25) is 0 Å². The molecule has 0 aliphatic heterocycles. The molecule has 0 spiro atoms. The Morgan fingerprint density at radius 2 is 2.25 bits per heavy atom. The number of nitrogens with zero attached hydrogens (tertiary/aromatic N) is 1. The third-order valence-corrected chi connectivity index (χ3v) is 1.48. The Balaban J connectivity index is 2.89.